The van der Waals surface area contributed by atoms with Crippen molar-refractivity contribution in [2.45, 2.75) is 17.3 Å². The zero-order valence-electron chi connectivity index (χ0n) is 16.7. The van der Waals surface area contributed by atoms with E-state index >= 15 is 0 Å². The number of para-hydroxylation sites is 2. The van der Waals surface area contributed by atoms with Crippen LogP contribution in [0, 0.1) is 5.82 Å². The van der Waals surface area contributed by atoms with Crippen molar-refractivity contribution in [3.63, 3.8) is 0 Å². The SMILES string of the molecule is C[C@H](Sc1nc2ccccc2c(=O)n1-c1ccccc1F)C(=O)Nc1cccc(Cl)c1Cl. The highest BCUT2D eigenvalue weighted by molar-refractivity contribution is 8.00. The Balaban J connectivity index is 1.74. The summed E-state index contributed by atoms with van der Waals surface area (Å²) in [6.07, 6.45) is 0. The van der Waals surface area contributed by atoms with Gasteiger partial charge in [0.25, 0.3) is 5.56 Å². The summed E-state index contributed by atoms with van der Waals surface area (Å²) >= 11 is 13.2. The number of rotatable bonds is 5. The van der Waals surface area contributed by atoms with Gasteiger partial charge in [-0.3, -0.25) is 14.2 Å². The van der Waals surface area contributed by atoms with Gasteiger partial charge in [0, 0.05) is 0 Å². The van der Waals surface area contributed by atoms with E-state index in [1.807, 2.05) is 0 Å². The summed E-state index contributed by atoms with van der Waals surface area (Å²) in [6.45, 7) is 1.66. The van der Waals surface area contributed by atoms with Gasteiger partial charge in [-0.2, -0.15) is 0 Å². The fraction of sp³-hybridized carbons (Fsp3) is 0.0870. The molecule has 32 heavy (non-hydrogen) atoms. The minimum Gasteiger partial charge on any atom is -0.324 e. The van der Waals surface area contributed by atoms with Crippen LogP contribution in [0.15, 0.2) is 76.7 Å². The molecule has 5 nitrogen and oxygen atoms in total. The Morgan fingerprint density at radius 2 is 1.78 bits per heavy atom. The number of fused-ring (bicyclic) bond motifs is 1. The predicted molar refractivity (Wildman–Crippen MR) is 128 cm³/mol. The summed E-state index contributed by atoms with van der Waals surface area (Å²) in [4.78, 5) is 30.6. The third-order valence-electron chi connectivity index (χ3n) is 4.70. The number of carbonyl (C=O) groups is 1. The van der Waals surface area contributed by atoms with E-state index in [0.717, 1.165) is 11.8 Å². The topological polar surface area (TPSA) is 64.0 Å². The number of aromatic nitrogens is 2. The highest BCUT2D eigenvalue weighted by atomic mass is 35.5. The van der Waals surface area contributed by atoms with E-state index in [-0.39, 0.29) is 21.8 Å². The molecule has 0 saturated heterocycles. The van der Waals surface area contributed by atoms with Crippen molar-refractivity contribution in [1.82, 2.24) is 9.55 Å². The lowest BCUT2D eigenvalue weighted by Gasteiger charge is -2.17. The zero-order chi connectivity index (χ0) is 22.8. The molecule has 162 valence electrons. The summed E-state index contributed by atoms with van der Waals surface area (Å²) in [5.41, 5.74) is 0.463. The molecule has 0 aliphatic carbocycles. The molecule has 0 unspecified atom stereocenters. The van der Waals surface area contributed by atoms with Crippen molar-refractivity contribution < 1.29 is 9.18 Å². The van der Waals surface area contributed by atoms with Crippen LogP contribution in [0.2, 0.25) is 10.0 Å². The van der Waals surface area contributed by atoms with Gasteiger partial charge < -0.3 is 5.32 Å². The number of thioether (sulfide) groups is 1. The highest BCUT2D eigenvalue weighted by Crippen LogP contribution is 2.31. The van der Waals surface area contributed by atoms with Crippen LogP contribution in [0.1, 0.15) is 6.92 Å². The number of nitrogens with one attached hydrogen (secondary N) is 1. The van der Waals surface area contributed by atoms with Crippen LogP contribution in [-0.2, 0) is 4.79 Å². The zero-order valence-corrected chi connectivity index (χ0v) is 19.0. The molecular weight excluding hydrogens is 472 g/mol. The lowest BCUT2D eigenvalue weighted by Crippen LogP contribution is -2.26. The van der Waals surface area contributed by atoms with Crippen LogP contribution < -0.4 is 10.9 Å². The van der Waals surface area contributed by atoms with Crippen LogP contribution in [0.4, 0.5) is 10.1 Å². The monoisotopic (exact) mass is 487 g/mol. The molecule has 0 saturated carbocycles. The summed E-state index contributed by atoms with van der Waals surface area (Å²) in [6, 6.07) is 17.6. The minimum atomic E-state index is -0.684. The molecule has 0 fully saturated rings. The summed E-state index contributed by atoms with van der Waals surface area (Å²) in [7, 11) is 0. The summed E-state index contributed by atoms with van der Waals surface area (Å²) < 4.78 is 15.8. The second-order valence-electron chi connectivity index (χ2n) is 6.85. The number of halogens is 3. The van der Waals surface area contributed by atoms with Crippen LogP contribution >= 0.6 is 35.0 Å². The fourth-order valence-electron chi connectivity index (χ4n) is 3.08. The van der Waals surface area contributed by atoms with Gasteiger partial charge in [0.2, 0.25) is 5.91 Å². The molecule has 3 aromatic carbocycles. The van der Waals surface area contributed by atoms with Gasteiger partial charge >= 0.3 is 0 Å². The number of amides is 1. The highest BCUT2D eigenvalue weighted by Gasteiger charge is 2.22. The number of carbonyl (C=O) groups excluding carboxylic acids is 1. The first-order valence-electron chi connectivity index (χ1n) is 9.55. The van der Waals surface area contributed by atoms with Crippen LogP contribution in [0.3, 0.4) is 0 Å². The van der Waals surface area contributed by atoms with Crippen molar-refractivity contribution in [3.8, 4) is 5.69 Å². The molecule has 4 rings (SSSR count). The van der Waals surface area contributed by atoms with E-state index < -0.39 is 16.6 Å². The van der Waals surface area contributed by atoms with Crippen molar-refractivity contribution in [3.05, 3.63) is 92.9 Å². The van der Waals surface area contributed by atoms with Crippen LogP contribution in [0.5, 0.6) is 0 Å². The Labute approximate surface area is 197 Å². The van der Waals surface area contributed by atoms with E-state index in [1.165, 1.54) is 22.8 Å². The van der Waals surface area contributed by atoms with Gasteiger partial charge in [0.15, 0.2) is 5.16 Å². The fourth-order valence-corrected chi connectivity index (χ4v) is 4.35. The third kappa shape index (κ3) is 4.37. The van der Waals surface area contributed by atoms with Crippen LogP contribution in [-0.4, -0.2) is 20.7 Å². The standard InChI is InChI=1S/C23H16Cl2FN3O2S/c1-13(21(30)27-18-11-6-8-15(24)20(18)25)32-23-28-17-10-4-2-7-14(17)22(31)29(23)19-12-5-3-9-16(19)26/h2-13H,1H3,(H,27,30)/t13-/m0/s1. The molecule has 0 bridgehead atoms. The molecule has 0 aliphatic rings. The van der Waals surface area contributed by atoms with E-state index in [0.29, 0.717) is 21.6 Å². The molecular formula is C23H16Cl2FN3O2S. The van der Waals surface area contributed by atoms with Gasteiger partial charge in [0.05, 0.1) is 37.6 Å². The number of hydrogen-bond donors (Lipinski definition) is 1. The molecule has 1 N–H and O–H groups in total. The molecule has 0 radical (unpaired) electrons. The second kappa shape index (κ2) is 9.32. The maximum Gasteiger partial charge on any atom is 0.266 e. The van der Waals surface area contributed by atoms with Gasteiger partial charge in [-0.05, 0) is 43.3 Å². The van der Waals surface area contributed by atoms with E-state index in [4.69, 9.17) is 23.2 Å². The smallest absolute Gasteiger partial charge is 0.266 e. The maximum absolute atomic E-state index is 14.6. The molecule has 0 aliphatic heterocycles. The Bertz CT molecular complexity index is 1390. The van der Waals surface area contributed by atoms with Gasteiger partial charge in [-0.25, -0.2) is 9.37 Å². The third-order valence-corrected chi connectivity index (χ3v) is 6.57. The molecule has 0 spiro atoms. The molecule has 9 heteroatoms. The van der Waals surface area contributed by atoms with Crippen LogP contribution in [0.25, 0.3) is 16.6 Å². The average Bonchev–Trinajstić information content (AvgIpc) is 2.78. The maximum atomic E-state index is 14.6. The van der Waals surface area contributed by atoms with Crippen molar-refractivity contribution >= 4 is 57.5 Å². The van der Waals surface area contributed by atoms with E-state index in [1.54, 1.807) is 55.5 Å². The first-order valence-corrected chi connectivity index (χ1v) is 11.2. The molecule has 1 heterocycles. The van der Waals surface area contributed by atoms with Gasteiger partial charge in [-0.1, -0.05) is 65.3 Å². The second-order valence-corrected chi connectivity index (χ2v) is 8.95. The minimum absolute atomic E-state index is 0.0590. The van der Waals surface area contributed by atoms with Crippen molar-refractivity contribution in [2.75, 3.05) is 5.32 Å². The van der Waals surface area contributed by atoms with Crippen molar-refractivity contribution in [1.29, 1.82) is 0 Å². The van der Waals surface area contributed by atoms with Gasteiger partial charge in [-0.15, -0.1) is 0 Å². The Hall–Kier alpha value is -2.87. The van der Waals surface area contributed by atoms with Gasteiger partial charge in [0.1, 0.15) is 5.82 Å². The Morgan fingerprint density at radius 3 is 2.56 bits per heavy atom. The lowest BCUT2D eigenvalue weighted by atomic mass is 10.2. The Morgan fingerprint density at radius 1 is 1.06 bits per heavy atom. The summed E-state index contributed by atoms with van der Waals surface area (Å²) in [5, 5.41) is 3.13. The largest absolute Gasteiger partial charge is 0.324 e. The molecule has 4 aromatic rings. The number of hydrogen-bond acceptors (Lipinski definition) is 4. The summed E-state index contributed by atoms with van der Waals surface area (Å²) in [5.74, 6) is -0.946. The predicted octanol–water partition coefficient (Wildman–Crippen LogP) is 5.95. The quantitative estimate of drug-likeness (QED) is 0.279. The number of nitrogens with zero attached hydrogens (tertiary/aromatic N) is 2. The normalized spacial score (nSPS) is 12.0. The molecule has 1 aromatic heterocycles. The number of anilines is 1. The van der Waals surface area contributed by atoms with E-state index in [9.17, 15) is 14.0 Å². The van der Waals surface area contributed by atoms with E-state index in [2.05, 4.69) is 10.3 Å². The number of benzene rings is 3. The van der Waals surface area contributed by atoms with Crippen molar-refractivity contribution in [2.24, 2.45) is 0 Å². The first-order chi connectivity index (χ1) is 15.4. The molecule has 1 amide bonds. The average molecular weight is 488 g/mol. The Kier molecular flexibility index (Phi) is 6.50. The lowest BCUT2D eigenvalue weighted by molar-refractivity contribution is -0.115. The first kappa shape index (κ1) is 22.3. The molecule has 1 atom stereocenters.